The molecule has 0 radical (unpaired) electrons. The first-order chi connectivity index (χ1) is 7.56. The molecule has 16 heavy (non-hydrogen) atoms. The molecule has 1 N–H and O–H groups in total. The molecule has 1 fully saturated rings. The summed E-state index contributed by atoms with van der Waals surface area (Å²) < 4.78 is 4.48. The van der Waals surface area contributed by atoms with Crippen molar-refractivity contribution in [3.05, 3.63) is 0 Å². The number of carbonyl (C=O) groups excluding carboxylic acids is 3. The van der Waals surface area contributed by atoms with Gasteiger partial charge < -0.3 is 10.1 Å². The van der Waals surface area contributed by atoms with Gasteiger partial charge in [-0.05, 0) is 6.42 Å². The number of piperidine rings is 1. The van der Waals surface area contributed by atoms with Crippen LogP contribution in [0.15, 0.2) is 0 Å². The minimum absolute atomic E-state index is 0.156. The number of carbonyl (C=O) groups is 3. The number of nitrogens with zero attached hydrogens (tertiary/aromatic N) is 1. The standard InChI is InChI=1S/C10H16N2O4/c1-12-8(13)4-3-7(10(12)15)11-6-5-9(14)16-2/h7,11H,3-6H2,1-2H3. The third-order valence-electron chi connectivity index (χ3n) is 2.60. The van der Waals surface area contributed by atoms with Crippen LogP contribution < -0.4 is 5.32 Å². The Balaban J connectivity index is 2.35. The van der Waals surface area contributed by atoms with Crippen LogP contribution in [0.2, 0.25) is 0 Å². The predicted octanol–water partition coefficient (Wildman–Crippen LogP) is -0.713. The summed E-state index contributed by atoms with van der Waals surface area (Å²) in [5.74, 6) is -0.711. The van der Waals surface area contributed by atoms with E-state index in [-0.39, 0.29) is 30.2 Å². The average Bonchev–Trinajstić information content (AvgIpc) is 2.29. The number of hydrogen-bond acceptors (Lipinski definition) is 5. The van der Waals surface area contributed by atoms with Crippen LogP contribution in [0.4, 0.5) is 0 Å². The lowest BCUT2D eigenvalue weighted by Gasteiger charge is -2.28. The fourth-order valence-electron chi connectivity index (χ4n) is 1.56. The highest BCUT2D eigenvalue weighted by Gasteiger charge is 2.31. The van der Waals surface area contributed by atoms with Gasteiger partial charge in [0, 0.05) is 20.0 Å². The molecular weight excluding hydrogens is 212 g/mol. The van der Waals surface area contributed by atoms with Gasteiger partial charge in [0.2, 0.25) is 11.8 Å². The third-order valence-corrected chi connectivity index (χ3v) is 2.60. The van der Waals surface area contributed by atoms with Crippen molar-refractivity contribution >= 4 is 17.8 Å². The zero-order chi connectivity index (χ0) is 12.1. The van der Waals surface area contributed by atoms with Crippen LogP contribution >= 0.6 is 0 Å². The van der Waals surface area contributed by atoms with Gasteiger partial charge in [0.05, 0.1) is 19.6 Å². The number of rotatable bonds is 4. The second-order valence-corrected chi connectivity index (χ2v) is 3.66. The summed E-state index contributed by atoms with van der Waals surface area (Å²) in [4.78, 5) is 34.8. The molecule has 0 saturated carbocycles. The molecule has 1 atom stereocenters. The molecule has 0 spiro atoms. The van der Waals surface area contributed by atoms with Crippen LogP contribution in [-0.2, 0) is 19.1 Å². The Bertz CT molecular complexity index is 303. The highest BCUT2D eigenvalue weighted by Crippen LogP contribution is 2.11. The SMILES string of the molecule is COC(=O)CCNC1CCC(=O)N(C)C1=O. The van der Waals surface area contributed by atoms with Crippen molar-refractivity contribution in [1.82, 2.24) is 10.2 Å². The van der Waals surface area contributed by atoms with E-state index >= 15 is 0 Å². The number of imide groups is 1. The van der Waals surface area contributed by atoms with E-state index in [2.05, 4.69) is 10.1 Å². The second-order valence-electron chi connectivity index (χ2n) is 3.66. The molecule has 1 rings (SSSR count). The molecule has 1 aliphatic rings. The lowest BCUT2D eigenvalue weighted by molar-refractivity contribution is -0.148. The maximum atomic E-state index is 11.6. The van der Waals surface area contributed by atoms with E-state index in [0.29, 0.717) is 19.4 Å². The molecule has 0 bridgehead atoms. The van der Waals surface area contributed by atoms with Crippen LogP contribution in [0.25, 0.3) is 0 Å². The number of amides is 2. The summed E-state index contributed by atoms with van der Waals surface area (Å²) in [5.41, 5.74) is 0. The quantitative estimate of drug-likeness (QED) is 0.508. The maximum Gasteiger partial charge on any atom is 0.306 e. The lowest BCUT2D eigenvalue weighted by Crippen LogP contribution is -2.51. The van der Waals surface area contributed by atoms with Gasteiger partial charge in [-0.3, -0.25) is 19.3 Å². The molecule has 2 amide bonds. The number of esters is 1. The van der Waals surface area contributed by atoms with Crippen LogP contribution in [0.3, 0.4) is 0 Å². The topological polar surface area (TPSA) is 75.7 Å². The first kappa shape index (κ1) is 12.6. The number of likely N-dealkylation sites (N-methyl/N-ethyl adjacent to an activating group) is 1. The summed E-state index contributed by atoms with van der Waals surface area (Å²) in [5, 5.41) is 2.94. The summed E-state index contributed by atoms with van der Waals surface area (Å²) in [6.07, 6.45) is 1.07. The number of nitrogens with one attached hydrogen (secondary N) is 1. The van der Waals surface area contributed by atoms with E-state index in [9.17, 15) is 14.4 Å². The van der Waals surface area contributed by atoms with E-state index in [1.807, 2.05) is 0 Å². The van der Waals surface area contributed by atoms with E-state index in [0.717, 1.165) is 4.90 Å². The van der Waals surface area contributed by atoms with Crippen LogP contribution in [0.5, 0.6) is 0 Å². The molecule has 90 valence electrons. The van der Waals surface area contributed by atoms with Crippen molar-refractivity contribution in [1.29, 1.82) is 0 Å². The average molecular weight is 228 g/mol. The Hall–Kier alpha value is -1.43. The first-order valence-electron chi connectivity index (χ1n) is 5.17. The predicted molar refractivity (Wildman–Crippen MR) is 55.4 cm³/mol. The highest BCUT2D eigenvalue weighted by atomic mass is 16.5. The summed E-state index contributed by atoms with van der Waals surface area (Å²) in [7, 11) is 2.79. The zero-order valence-corrected chi connectivity index (χ0v) is 9.49. The fourth-order valence-corrected chi connectivity index (χ4v) is 1.56. The lowest BCUT2D eigenvalue weighted by atomic mass is 10.0. The minimum Gasteiger partial charge on any atom is -0.469 e. The normalized spacial score (nSPS) is 21.1. The van der Waals surface area contributed by atoms with Crippen molar-refractivity contribution in [2.24, 2.45) is 0 Å². The first-order valence-corrected chi connectivity index (χ1v) is 5.17. The van der Waals surface area contributed by atoms with Gasteiger partial charge in [-0.2, -0.15) is 0 Å². The number of likely N-dealkylation sites (tertiary alicyclic amines) is 1. The van der Waals surface area contributed by atoms with Gasteiger partial charge >= 0.3 is 5.97 Å². The van der Waals surface area contributed by atoms with Gasteiger partial charge in [-0.15, -0.1) is 0 Å². The van der Waals surface area contributed by atoms with E-state index in [1.165, 1.54) is 14.2 Å². The Labute approximate surface area is 93.9 Å². The maximum absolute atomic E-state index is 11.6. The molecular formula is C10H16N2O4. The monoisotopic (exact) mass is 228 g/mol. The number of hydrogen-bond donors (Lipinski definition) is 1. The van der Waals surface area contributed by atoms with Crippen molar-refractivity contribution in [3.63, 3.8) is 0 Å². The van der Waals surface area contributed by atoms with E-state index in [1.54, 1.807) is 0 Å². The highest BCUT2D eigenvalue weighted by molar-refractivity contribution is 6.00. The smallest absolute Gasteiger partial charge is 0.306 e. The largest absolute Gasteiger partial charge is 0.469 e. The van der Waals surface area contributed by atoms with Crippen LogP contribution in [0.1, 0.15) is 19.3 Å². The Morgan fingerprint density at radius 1 is 1.56 bits per heavy atom. The molecule has 1 heterocycles. The van der Waals surface area contributed by atoms with Gasteiger partial charge in [-0.1, -0.05) is 0 Å². The molecule has 1 saturated heterocycles. The number of methoxy groups -OCH3 is 1. The molecule has 6 nitrogen and oxygen atoms in total. The molecule has 6 heteroatoms. The van der Waals surface area contributed by atoms with Crippen molar-refractivity contribution in [3.8, 4) is 0 Å². The van der Waals surface area contributed by atoms with Gasteiger partial charge in [-0.25, -0.2) is 0 Å². The van der Waals surface area contributed by atoms with Crippen molar-refractivity contribution in [2.75, 3.05) is 20.7 Å². The Kier molecular flexibility index (Phi) is 4.42. The van der Waals surface area contributed by atoms with Crippen LogP contribution in [0, 0.1) is 0 Å². The minimum atomic E-state index is -0.368. The fraction of sp³-hybridized carbons (Fsp3) is 0.700. The molecule has 0 aromatic carbocycles. The van der Waals surface area contributed by atoms with Gasteiger partial charge in [0.15, 0.2) is 0 Å². The zero-order valence-electron chi connectivity index (χ0n) is 9.49. The Morgan fingerprint density at radius 2 is 2.25 bits per heavy atom. The summed E-state index contributed by atoms with van der Waals surface area (Å²) >= 11 is 0. The van der Waals surface area contributed by atoms with Crippen molar-refractivity contribution in [2.45, 2.75) is 25.3 Å². The molecule has 1 unspecified atom stereocenters. The van der Waals surface area contributed by atoms with E-state index < -0.39 is 0 Å². The molecule has 0 aliphatic carbocycles. The summed E-state index contributed by atoms with van der Waals surface area (Å²) in [6, 6.07) is -0.368. The van der Waals surface area contributed by atoms with Crippen molar-refractivity contribution < 1.29 is 19.1 Å². The number of ether oxygens (including phenoxy) is 1. The summed E-state index contributed by atoms with van der Waals surface area (Å²) in [6.45, 7) is 0.380. The Morgan fingerprint density at radius 3 is 2.88 bits per heavy atom. The second kappa shape index (κ2) is 5.60. The molecule has 0 aromatic rings. The van der Waals surface area contributed by atoms with E-state index in [4.69, 9.17) is 0 Å². The third kappa shape index (κ3) is 3.03. The van der Waals surface area contributed by atoms with Gasteiger partial charge in [0.1, 0.15) is 0 Å². The molecule has 1 aliphatic heterocycles. The van der Waals surface area contributed by atoms with Gasteiger partial charge in [0.25, 0.3) is 0 Å². The molecule has 0 aromatic heterocycles. The van der Waals surface area contributed by atoms with Crippen LogP contribution in [-0.4, -0.2) is 49.4 Å².